The number of aliphatic hydroxyl groups excluding tert-OH is 1. The predicted octanol–water partition coefficient (Wildman–Crippen LogP) is 5.54. The molecule has 1 aromatic heterocycles. The highest BCUT2D eigenvalue weighted by Crippen LogP contribution is 2.23. The Labute approximate surface area is 186 Å². The summed E-state index contributed by atoms with van der Waals surface area (Å²) in [6, 6.07) is 0. The van der Waals surface area contributed by atoms with Gasteiger partial charge in [-0.15, -0.1) is 0 Å². The molecular weight excluding hydrogens is 392 g/mol. The Morgan fingerprint density at radius 2 is 1.87 bits per heavy atom. The van der Waals surface area contributed by atoms with Crippen LogP contribution in [-0.2, 0) is 4.74 Å². The molecule has 1 heterocycles. The van der Waals surface area contributed by atoms with Crippen molar-refractivity contribution in [3.63, 3.8) is 0 Å². The lowest BCUT2D eigenvalue weighted by atomic mass is 9.95. The molecule has 0 saturated carbocycles. The molecule has 1 rings (SSSR count). The van der Waals surface area contributed by atoms with E-state index in [2.05, 4.69) is 6.08 Å². The van der Waals surface area contributed by atoms with Gasteiger partial charge in [0.05, 0.1) is 24.4 Å². The van der Waals surface area contributed by atoms with Crippen LogP contribution in [-0.4, -0.2) is 31.0 Å². The van der Waals surface area contributed by atoms with E-state index in [1.807, 2.05) is 58.9 Å². The second kappa shape index (κ2) is 11.9. The summed E-state index contributed by atoms with van der Waals surface area (Å²) in [6.07, 6.45) is 11.9. The standard InChI is InChI=1S/C26H38O5/c1-10-18(3)23(27)19(4)16-17(2)12-11-14-26(7,30-9)15-13-22-20(5)24(28)21(6)25(29-8)31-22/h10-13,15-16,19,23,27H,14H2,1-9H3/b12-11+,15-13+,17-16+,18-10+/t19-,23+,26?/m1/s1. The fourth-order valence-electron chi connectivity index (χ4n) is 3.19. The molecule has 5 heteroatoms. The van der Waals surface area contributed by atoms with Crippen molar-refractivity contribution >= 4 is 6.08 Å². The van der Waals surface area contributed by atoms with Gasteiger partial charge in [-0.3, -0.25) is 4.79 Å². The minimum Gasteiger partial charge on any atom is -0.468 e. The van der Waals surface area contributed by atoms with Gasteiger partial charge in [-0.2, -0.15) is 0 Å². The van der Waals surface area contributed by atoms with Gasteiger partial charge in [-0.1, -0.05) is 36.8 Å². The summed E-state index contributed by atoms with van der Waals surface area (Å²) in [6.45, 7) is 13.3. The van der Waals surface area contributed by atoms with Gasteiger partial charge >= 0.3 is 0 Å². The van der Waals surface area contributed by atoms with E-state index < -0.39 is 11.7 Å². The molecule has 3 atom stereocenters. The van der Waals surface area contributed by atoms with Crippen LogP contribution in [0.1, 0.15) is 57.9 Å². The van der Waals surface area contributed by atoms with Crippen LogP contribution in [0.3, 0.4) is 0 Å². The van der Waals surface area contributed by atoms with Gasteiger partial charge in [0.25, 0.3) is 5.95 Å². The second-order valence-electron chi connectivity index (χ2n) is 8.24. The first kappa shape index (κ1) is 26.7. The first-order valence-corrected chi connectivity index (χ1v) is 10.6. The first-order valence-electron chi connectivity index (χ1n) is 10.6. The Bertz CT molecular complexity index is 916. The Hall–Kier alpha value is -2.37. The molecule has 0 amide bonds. The van der Waals surface area contributed by atoms with Crippen molar-refractivity contribution in [2.45, 2.75) is 66.6 Å². The van der Waals surface area contributed by atoms with E-state index in [0.717, 1.165) is 11.1 Å². The van der Waals surface area contributed by atoms with Crippen LogP contribution in [0.25, 0.3) is 6.08 Å². The molecule has 172 valence electrons. The molecule has 0 aliphatic rings. The molecule has 0 aliphatic heterocycles. The predicted molar refractivity (Wildman–Crippen MR) is 128 cm³/mol. The van der Waals surface area contributed by atoms with Crippen molar-refractivity contribution < 1.29 is 19.0 Å². The third-order valence-electron chi connectivity index (χ3n) is 5.65. The van der Waals surface area contributed by atoms with Crippen LogP contribution >= 0.6 is 0 Å². The van der Waals surface area contributed by atoms with Gasteiger partial charge in [0.15, 0.2) is 5.43 Å². The molecule has 0 aliphatic carbocycles. The van der Waals surface area contributed by atoms with Crippen molar-refractivity contribution in [1.82, 2.24) is 0 Å². The Morgan fingerprint density at radius 1 is 1.23 bits per heavy atom. The Morgan fingerprint density at radius 3 is 2.42 bits per heavy atom. The zero-order valence-electron chi connectivity index (χ0n) is 20.4. The van der Waals surface area contributed by atoms with E-state index in [1.165, 1.54) is 7.11 Å². The lowest BCUT2D eigenvalue weighted by molar-refractivity contribution is 0.0521. The fraction of sp³-hybridized carbons (Fsp3) is 0.500. The van der Waals surface area contributed by atoms with Crippen LogP contribution in [0.4, 0.5) is 0 Å². The van der Waals surface area contributed by atoms with Gasteiger partial charge in [-0.25, -0.2) is 0 Å². The van der Waals surface area contributed by atoms with Crippen LogP contribution in [0.15, 0.2) is 50.7 Å². The molecule has 1 N–H and O–H groups in total. The number of allylic oxidation sites excluding steroid dienone is 3. The molecule has 0 spiro atoms. The molecule has 0 saturated heterocycles. The van der Waals surface area contributed by atoms with E-state index in [0.29, 0.717) is 23.3 Å². The van der Waals surface area contributed by atoms with Crippen LogP contribution < -0.4 is 10.2 Å². The van der Waals surface area contributed by atoms with E-state index >= 15 is 0 Å². The minimum absolute atomic E-state index is 0.0250. The van der Waals surface area contributed by atoms with Crippen molar-refractivity contribution in [2.75, 3.05) is 14.2 Å². The number of ether oxygens (including phenoxy) is 2. The number of methoxy groups -OCH3 is 2. The summed E-state index contributed by atoms with van der Waals surface area (Å²) in [4.78, 5) is 12.4. The largest absolute Gasteiger partial charge is 0.468 e. The highest BCUT2D eigenvalue weighted by molar-refractivity contribution is 5.50. The monoisotopic (exact) mass is 430 g/mol. The summed E-state index contributed by atoms with van der Waals surface area (Å²) in [7, 11) is 3.13. The Balaban J connectivity index is 2.98. The highest BCUT2D eigenvalue weighted by Gasteiger charge is 2.19. The average Bonchev–Trinajstić information content (AvgIpc) is 2.75. The SMILES string of the molecule is C/C=C(\C)[C@H](O)[C@H](C)/C=C(C)/C=C/CC(C)(/C=C/c1oc(OC)c(C)c(=O)c1C)OC. The van der Waals surface area contributed by atoms with E-state index in [1.54, 1.807) is 27.0 Å². The fourth-order valence-corrected chi connectivity index (χ4v) is 3.19. The van der Waals surface area contributed by atoms with E-state index in [-0.39, 0.29) is 17.3 Å². The normalized spacial score (nSPS) is 17.2. The minimum atomic E-state index is -0.577. The quantitative estimate of drug-likeness (QED) is 0.390. The molecular formula is C26H38O5. The summed E-state index contributed by atoms with van der Waals surface area (Å²) in [5.74, 6) is 0.703. The van der Waals surface area contributed by atoms with Crippen LogP contribution in [0.5, 0.6) is 5.95 Å². The topological polar surface area (TPSA) is 68.9 Å². The first-order chi connectivity index (χ1) is 14.5. The van der Waals surface area contributed by atoms with Gasteiger partial charge in [0, 0.05) is 18.6 Å². The smallest absolute Gasteiger partial charge is 0.291 e. The third kappa shape index (κ3) is 7.37. The van der Waals surface area contributed by atoms with Gasteiger partial charge in [0.1, 0.15) is 5.76 Å². The maximum atomic E-state index is 12.4. The van der Waals surface area contributed by atoms with E-state index in [4.69, 9.17) is 13.9 Å². The van der Waals surface area contributed by atoms with Crippen LogP contribution in [0, 0.1) is 19.8 Å². The molecule has 5 nitrogen and oxygen atoms in total. The number of rotatable bonds is 10. The molecule has 0 aromatic carbocycles. The molecule has 0 fully saturated rings. The van der Waals surface area contributed by atoms with Crippen molar-refractivity contribution in [2.24, 2.45) is 5.92 Å². The summed E-state index contributed by atoms with van der Waals surface area (Å²) in [5, 5.41) is 10.3. The second-order valence-corrected chi connectivity index (χ2v) is 8.24. The lowest BCUT2D eigenvalue weighted by Crippen LogP contribution is -2.23. The maximum Gasteiger partial charge on any atom is 0.291 e. The zero-order valence-corrected chi connectivity index (χ0v) is 20.4. The molecule has 0 radical (unpaired) electrons. The molecule has 0 bridgehead atoms. The van der Waals surface area contributed by atoms with Crippen molar-refractivity contribution in [3.8, 4) is 5.95 Å². The molecule has 1 aromatic rings. The zero-order chi connectivity index (χ0) is 23.8. The van der Waals surface area contributed by atoms with Gasteiger partial charge in [0.2, 0.25) is 0 Å². The number of aliphatic hydroxyl groups is 1. The lowest BCUT2D eigenvalue weighted by Gasteiger charge is -2.23. The summed E-state index contributed by atoms with van der Waals surface area (Å²) < 4.78 is 16.6. The summed E-state index contributed by atoms with van der Waals surface area (Å²) >= 11 is 0. The highest BCUT2D eigenvalue weighted by atomic mass is 16.6. The molecule has 31 heavy (non-hydrogen) atoms. The Kier molecular flexibility index (Phi) is 10.2. The third-order valence-corrected chi connectivity index (χ3v) is 5.65. The van der Waals surface area contributed by atoms with Gasteiger partial charge < -0.3 is 19.0 Å². The molecule has 1 unspecified atom stereocenters. The van der Waals surface area contributed by atoms with Crippen molar-refractivity contribution in [1.29, 1.82) is 0 Å². The summed E-state index contributed by atoms with van der Waals surface area (Å²) in [5.41, 5.74) is 2.36. The average molecular weight is 431 g/mol. The van der Waals surface area contributed by atoms with E-state index in [9.17, 15) is 9.90 Å². The van der Waals surface area contributed by atoms with Crippen molar-refractivity contribution in [3.05, 3.63) is 68.6 Å². The maximum absolute atomic E-state index is 12.4. The van der Waals surface area contributed by atoms with Gasteiger partial charge in [-0.05, 0) is 65.7 Å². The van der Waals surface area contributed by atoms with Crippen LogP contribution in [0.2, 0.25) is 0 Å². The number of hydrogen-bond acceptors (Lipinski definition) is 5. The number of hydrogen-bond donors (Lipinski definition) is 1.